The molecule has 12 heteroatoms. The number of aromatic nitrogens is 1. The molecule has 1 aromatic heterocycles. The van der Waals surface area contributed by atoms with E-state index in [0.717, 1.165) is 39.6 Å². The maximum Gasteiger partial charge on any atom is 0.411 e. The highest BCUT2D eigenvalue weighted by molar-refractivity contribution is 6.06. The molecule has 1 fully saturated rings. The second-order valence-electron chi connectivity index (χ2n) is 16.0. The molecule has 1 saturated heterocycles. The highest BCUT2D eigenvalue weighted by atomic mass is 16.6. The van der Waals surface area contributed by atoms with E-state index >= 15 is 0 Å². The minimum absolute atomic E-state index is 0.0502. The van der Waals surface area contributed by atoms with Crippen LogP contribution in [0, 0.1) is 6.92 Å². The number of pyridine rings is 1. The molecule has 0 spiro atoms. The summed E-state index contributed by atoms with van der Waals surface area (Å²) in [7, 11) is 1.74. The lowest BCUT2D eigenvalue weighted by Gasteiger charge is -2.32. The average molecular weight is 1020 g/mol. The lowest BCUT2D eigenvalue weighted by molar-refractivity contribution is -0.118. The lowest BCUT2D eigenvalue weighted by Crippen LogP contribution is -2.40. The van der Waals surface area contributed by atoms with E-state index in [1.165, 1.54) is 6.07 Å². The van der Waals surface area contributed by atoms with Gasteiger partial charge in [0, 0.05) is 73.1 Å². The monoisotopic (exact) mass is 1010 g/mol. The number of rotatable bonds is 15. The molecule has 6 aromatic rings. The first-order valence-corrected chi connectivity index (χ1v) is 27.2. The number of carbonyl (C=O) groups is 3. The average Bonchev–Trinajstić information content (AvgIpc) is 3.45. The van der Waals surface area contributed by atoms with Crippen LogP contribution in [-0.4, -0.2) is 78.3 Å². The first kappa shape index (κ1) is 65.3. The number of para-hydroxylation sites is 1. The van der Waals surface area contributed by atoms with Crippen LogP contribution >= 0.6 is 0 Å². The van der Waals surface area contributed by atoms with Crippen LogP contribution in [0.1, 0.15) is 136 Å². The number of nitrogens with zero attached hydrogens (tertiary/aromatic N) is 2. The van der Waals surface area contributed by atoms with Crippen molar-refractivity contribution < 1.29 is 24.2 Å². The number of anilines is 3. The zero-order chi connectivity index (χ0) is 55.6. The third kappa shape index (κ3) is 20.6. The molecule has 0 aliphatic carbocycles. The van der Waals surface area contributed by atoms with Gasteiger partial charge in [0.15, 0.2) is 0 Å². The second-order valence-corrected chi connectivity index (χ2v) is 16.0. The van der Waals surface area contributed by atoms with Crippen LogP contribution < -0.4 is 26.4 Å². The number of ether oxygens (including phenoxy) is 1. The van der Waals surface area contributed by atoms with Crippen LogP contribution in [0.25, 0.3) is 22.0 Å². The number of likely N-dealkylation sites (tertiary alicyclic amines) is 1. The summed E-state index contributed by atoms with van der Waals surface area (Å²) in [6.45, 7) is 30.7. The minimum atomic E-state index is -0.474. The smallest absolute Gasteiger partial charge is 0.411 e. The van der Waals surface area contributed by atoms with Crippen molar-refractivity contribution >= 4 is 45.9 Å². The Labute approximate surface area is 444 Å². The number of aryl methyl sites for hydroxylation is 1. The van der Waals surface area contributed by atoms with Crippen LogP contribution in [0.15, 0.2) is 126 Å². The molecule has 0 bridgehead atoms. The normalized spacial score (nSPS) is 11.9. The fraction of sp³-hybridized carbons (Fsp3) is 0.419. The van der Waals surface area contributed by atoms with Gasteiger partial charge in [0.1, 0.15) is 11.9 Å². The van der Waals surface area contributed by atoms with E-state index < -0.39 is 6.09 Å². The van der Waals surface area contributed by atoms with Gasteiger partial charge in [-0.05, 0) is 111 Å². The van der Waals surface area contributed by atoms with Gasteiger partial charge in [-0.1, -0.05) is 156 Å². The molecule has 5 aromatic carbocycles. The third-order valence-corrected chi connectivity index (χ3v) is 11.5. The summed E-state index contributed by atoms with van der Waals surface area (Å²) in [5.74, 6) is -0.269. The van der Waals surface area contributed by atoms with Crippen molar-refractivity contribution in [1.29, 1.82) is 0 Å². The van der Waals surface area contributed by atoms with Crippen molar-refractivity contribution in [2.24, 2.45) is 0 Å². The fourth-order valence-corrected chi connectivity index (χ4v) is 8.04. The molecule has 74 heavy (non-hydrogen) atoms. The van der Waals surface area contributed by atoms with E-state index in [2.05, 4.69) is 32.8 Å². The Morgan fingerprint density at radius 1 is 0.757 bits per heavy atom. The molecule has 0 saturated carbocycles. The van der Waals surface area contributed by atoms with Gasteiger partial charge in [-0.25, -0.2) is 4.79 Å². The second kappa shape index (κ2) is 37.0. The van der Waals surface area contributed by atoms with E-state index in [0.29, 0.717) is 80.0 Å². The van der Waals surface area contributed by atoms with Crippen molar-refractivity contribution in [3.05, 3.63) is 154 Å². The van der Waals surface area contributed by atoms with E-state index in [1.807, 2.05) is 181 Å². The van der Waals surface area contributed by atoms with Crippen LogP contribution in [0.2, 0.25) is 0 Å². The standard InChI is InChI=1S/C50H54N6O6.6C2H6/c1-33-16-17-38(49(60)52-39-13-9-10-35(31-39)30-34(2)51-26-22-37-18-20-45(57)48-42(37)19-21-46(58)54-48)32-44(33)55(3)47(59)25-29-56-27-23-40(24-28-56)62-50(61)53-43-15-8-7-14-41(43)36-11-5-4-6-12-36;6*1-2/h4-21,31-32,34,40,51,57H,22-30H2,1-3H3,(H,52,60)(H,53,61)(H,54,58);6*1-2H3. The molecule has 3 amide bonds. The van der Waals surface area contributed by atoms with E-state index in [4.69, 9.17) is 4.74 Å². The van der Waals surface area contributed by atoms with Crippen LogP contribution in [0.4, 0.5) is 21.9 Å². The molecule has 1 atom stereocenters. The number of hydrogen-bond donors (Lipinski definition) is 5. The van der Waals surface area contributed by atoms with E-state index in [-0.39, 0.29) is 35.3 Å². The molecule has 12 nitrogen and oxygen atoms in total. The van der Waals surface area contributed by atoms with Crippen molar-refractivity contribution in [3.63, 3.8) is 0 Å². The Morgan fingerprint density at radius 2 is 1.41 bits per heavy atom. The summed E-state index contributed by atoms with van der Waals surface area (Å²) >= 11 is 0. The summed E-state index contributed by atoms with van der Waals surface area (Å²) in [4.78, 5) is 58.2. The molecule has 1 aliphatic heterocycles. The number of aromatic hydroxyl groups is 1. The molecule has 7 rings (SSSR count). The van der Waals surface area contributed by atoms with Gasteiger partial charge < -0.3 is 35.3 Å². The van der Waals surface area contributed by atoms with Gasteiger partial charge in [0.25, 0.3) is 5.91 Å². The first-order chi connectivity index (χ1) is 36.0. The number of H-pyrrole nitrogens is 1. The summed E-state index contributed by atoms with van der Waals surface area (Å²) in [6, 6.07) is 37.6. The van der Waals surface area contributed by atoms with Gasteiger partial charge in [-0.2, -0.15) is 0 Å². The number of amides is 3. The first-order valence-electron chi connectivity index (χ1n) is 27.2. The summed E-state index contributed by atoms with van der Waals surface area (Å²) in [5, 5.41) is 20.5. The SMILES string of the molecule is CC.CC.CC.CC.CC.CC.Cc1ccc(C(=O)Nc2cccc(CC(C)NCCc3ccc(O)c4[nH]c(=O)ccc34)c2)cc1N(C)C(=O)CCN1CCC(OC(=O)Nc2ccccc2-c2ccccc2)CC1. The quantitative estimate of drug-likeness (QED) is 0.0681. The predicted molar refractivity (Wildman–Crippen MR) is 314 cm³/mol. The molecule has 1 unspecified atom stereocenters. The van der Waals surface area contributed by atoms with Gasteiger partial charge in [-0.15, -0.1) is 0 Å². The molecule has 404 valence electrons. The third-order valence-electron chi connectivity index (χ3n) is 11.5. The topological polar surface area (TPSA) is 156 Å². The number of fused-ring (bicyclic) bond motifs is 1. The number of benzene rings is 5. The Balaban J connectivity index is 0.00000213. The van der Waals surface area contributed by atoms with Gasteiger partial charge in [0.05, 0.1) is 11.2 Å². The number of carbonyl (C=O) groups excluding carboxylic acids is 3. The Kier molecular flexibility index (Phi) is 32.7. The molecule has 2 heterocycles. The Bertz CT molecular complexity index is 2590. The fourth-order valence-electron chi connectivity index (χ4n) is 8.04. The zero-order valence-electron chi connectivity index (χ0n) is 47.4. The zero-order valence-corrected chi connectivity index (χ0v) is 47.4. The van der Waals surface area contributed by atoms with Crippen LogP contribution in [0.5, 0.6) is 5.75 Å². The van der Waals surface area contributed by atoms with E-state index in [9.17, 15) is 24.3 Å². The van der Waals surface area contributed by atoms with Crippen molar-refractivity contribution in [2.45, 2.75) is 141 Å². The van der Waals surface area contributed by atoms with Crippen molar-refractivity contribution in [2.75, 3.05) is 48.8 Å². The van der Waals surface area contributed by atoms with Crippen LogP contribution in [-0.2, 0) is 22.4 Å². The Morgan fingerprint density at radius 3 is 2.08 bits per heavy atom. The highest BCUT2D eigenvalue weighted by Gasteiger charge is 2.24. The molecule has 1 aliphatic rings. The number of nitrogens with one attached hydrogen (secondary N) is 4. The van der Waals surface area contributed by atoms with Crippen molar-refractivity contribution in [1.82, 2.24) is 15.2 Å². The van der Waals surface area contributed by atoms with Crippen molar-refractivity contribution in [3.8, 4) is 16.9 Å². The predicted octanol–water partition coefficient (Wildman–Crippen LogP) is 14.4. The van der Waals surface area contributed by atoms with Crippen LogP contribution in [0.3, 0.4) is 0 Å². The maximum atomic E-state index is 13.5. The number of phenols is 1. The number of aromatic amines is 1. The number of phenolic OH excluding ortho intramolecular Hbond substituents is 1. The maximum absolute atomic E-state index is 13.5. The van der Waals surface area contributed by atoms with Gasteiger partial charge in [0.2, 0.25) is 11.5 Å². The highest BCUT2D eigenvalue weighted by Crippen LogP contribution is 2.29. The van der Waals surface area contributed by atoms with Gasteiger partial charge >= 0.3 is 6.09 Å². The largest absolute Gasteiger partial charge is 0.506 e. The van der Waals surface area contributed by atoms with E-state index in [1.54, 1.807) is 36.2 Å². The molecule has 0 radical (unpaired) electrons. The summed E-state index contributed by atoms with van der Waals surface area (Å²) < 4.78 is 5.80. The molecular weight excluding hydrogens is 925 g/mol. The minimum Gasteiger partial charge on any atom is -0.506 e. The molecular formula is C62H90N6O6. The molecule has 5 N–H and O–H groups in total. The number of piperidine rings is 1. The number of hydrogen-bond acceptors (Lipinski definition) is 8. The van der Waals surface area contributed by atoms with Gasteiger partial charge in [-0.3, -0.25) is 19.7 Å². The summed E-state index contributed by atoms with van der Waals surface area (Å²) in [6.07, 6.45) is 2.44. The lowest BCUT2D eigenvalue weighted by atomic mass is 10.0. The summed E-state index contributed by atoms with van der Waals surface area (Å²) in [5.41, 5.74) is 7.60. The Hall–Kier alpha value is -6.76.